The zero-order valence-corrected chi connectivity index (χ0v) is 15.9. The third-order valence-corrected chi connectivity index (χ3v) is 5.44. The van der Waals surface area contributed by atoms with E-state index in [-0.39, 0.29) is 11.8 Å². The summed E-state index contributed by atoms with van der Waals surface area (Å²) >= 11 is 7.61. The fourth-order valence-electron chi connectivity index (χ4n) is 3.01. The molecular weight excluding hydrogens is 382 g/mol. The molecule has 0 saturated carbocycles. The van der Waals surface area contributed by atoms with Crippen molar-refractivity contribution in [2.75, 3.05) is 16.8 Å². The minimum absolute atomic E-state index is 0.0295. The highest BCUT2D eigenvalue weighted by molar-refractivity contribution is 7.14. The Morgan fingerprint density at radius 1 is 1.19 bits per heavy atom. The maximum Gasteiger partial charge on any atom is 0.257 e. The van der Waals surface area contributed by atoms with Crippen LogP contribution in [0.25, 0.3) is 11.3 Å². The second-order valence-corrected chi connectivity index (χ2v) is 7.44. The van der Waals surface area contributed by atoms with Crippen molar-refractivity contribution >= 4 is 45.6 Å². The van der Waals surface area contributed by atoms with Crippen LogP contribution >= 0.6 is 22.9 Å². The lowest BCUT2D eigenvalue weighted by Gasteiger charge is -2.18. The van der Waals surface area contributed by atoms with Crippen molar-refractivity contribution in [2.45, 2.75) is 12.8 Å². The standard InChI is InChI=1S/C20H16ClN3O2S/c21-15-9-8-14(11-17(15)24-10-4-7-18(24)25)19(26)23-20-22-16(12-27-20)13-5-2-1-3-6-13/h1-3,5-6,8-9,11-12H,4,7,10H2,(H,22,23,26). The van der Waals surface area contributed by atoms with Crippen molar-refractivity contribution < 1.29 is 9.59 Å². The fourth-order valence-corrected chi connectivity index (χ4v) is 3.94. The number of hydrogen-bond donors (Lipinski definition) is 1. The average molecular weight is 398 g/mol. The molecule has 0 bridgehead atoms. The Morgan fingerprint density at radius 3 is 2.74 bits per heavy atom. The molecule has 5 nitrogen and oxygen atoms in total. The largest absolute Gasteiger partial charge is 0.311 e. The fraction of sp³-hybridized carbons (Fsp3) is 0.150. The third-order valence-electron chi connectivity index (χ3n) is 4.37. The van der Waals surface area contributed by atoms with Crippen LogP contribution in [0.2, 0.25) is 5.02 Å². The van der Waals surface area contributed by atoms with Crippen LogP contribution in [0.15, 0.2) is 53.9 Å². The first-order valence-electron chi connectivity index (χ1n) is 8.54. The van der Waals surface area contributed by atoms with Gasteiger partial charge in [-0.3, -0.25) is 14.9 Å². The Balaban J connectivity index is 1.54. The minimum atomic E-state index is -0.284. The number of hydrogen-bond acceptors (Lipinski definition) is 4. The second-order valence-electron chi connectivity index (χ2n) is 6.17. The summed E-state index contributed by atoms with van der Waals surface area (Å²) in [6.45, 7) is 0.622. The van der Waals surface area contributed by atoms with Gasteiger partial charge < -0.3 is 4.90 Å². The van der Waals surface area contributed by atoms with E-state index in [1.807, 2.05) is 35.7 Å². The summed E-state index contributed by atoms with van der Waals surface area (Å²) in [4.78, 5) is 30.7. The van der Waals surface area contributed by atoms with Gasteiger partial charge in [0.25, 0.3) is 5.91 Å². The number of nitrogens with zero attached hydrogens (tertiary/aromatic N) is 2. The first-order valence-corrected chi connectivity index (χ1v) is 9.80. The van der Waals surface area contributed by atoms with Crippen molar-refractivity contribution in [3.05, 3.63) is 64.5 Å². The molecule has 1 aliphatic rings. The Bertz CT molecular complexity index is 1000. The molecule has 2 aromatic carbocycles. The summed E-state index contributed by atoms with van der Waals surface area (Å²) < 4.78 is 0. The minimum Gasteiger partial charge on any atom is -0.311 e. The number of aromatic nitrogens is 1. The number of benzene rings is 2. The van der Waals surface area contributed by atoms with Crippen molar-refractivity contribution in [3.63, 3.8) is 0 Å². The van der Waals surface area contributed by atoms with Crippen molar-refractivity contribution in [2.24, 2.45) is 0 Å². The molecule has 7 heteroatoms. The van der Waals surface area contributed by atoms with Crippen LogP contribution in [-0.2, 0) is 4.79 Å². The van der Waals surface area contributed by atoms with Gasteiger partial charge >= 0.3 is 0 Å². The van der Waals surface area contributed by atoms with E-state index in [1.54, 1.807) is 23.1 Å². The van der Waals surface area contributed by atoms with Gasteiger partial charge in [-0.2, -0.15) is 0 Å². The van der Waals surface area contributed by atoms with Crippen LogP contribution in [0.1, 0.15) is 23.2 Å². The molecule has 0 unspecified atom stereocenters. The maximum absolute atomic E-state index is 12.6. The van der Waals surface area contributed by atoms with E-state index >= 15 is 0 Å². The summed E-state index contributed by atoms with van der Waals surface area (Å²) in [5, 5.41) is 5.70. The van der Waals surface area contributed by atoms with Gasteiger partial charge in [-0.1, -0.05) is 41.9 Å². The molecule has 0 atom stereocenters. The number of thiazole rings is 1. The van der Waals surface area contributed by atoms with Gasteiger partial charge in [-0.05, 0) is 24.6 Å². The monoisotopic (exact) mass is 397 g/mol. The molecule has 4 rings (SSSR count). The molecule has 0 aliphatic carbocycles. The molecule has 3 aromatic rings. The topological polar surface area (TPSA) is 62.3 Å². The van der Waals surface area contributed by atoms with E-state index < -0.39 is 0 Å². The predicted molar refractivity (Wildman–Crippen MR) is 109 cm³/mol. The van der Waals surface area contributed by atoms with Crippen LogP contribution in [0.3, 0.4) is 0 Å². The number of anilines is 2. The zero-order chi connectivity index (χ0) is 18.8. The van der Waals surface area contributed by atoms with E-state index in [1.165, 1.54) is 11.3 Å². The molecule has 1 aliphatic heterocycles. The molecule has 1 fully saturated rings. The van der Waals surface area contributed by atoms with E-state index in [0.29, 0.717) is 34.4 Å². The molecule has 1 N–H and O–H groups in total. The van der Waals surface area contributed by atoms with Gasteiger partial charge in [0.2, 0.25) is 5.91 Å². The van der Waals surface area contributed by atoms with Crippen molar-refractivity contribution in [1.82, 2.24) is 4.98 Å². The Labute approximate surface area is 165 Å². The van der Waals surface area contributed by atoms with E-state index in [9.17, 15) is 9.59 Å². The average Bonchev–Trinajstić information content (AvgIpc) is 3.32. The molecular formula is C20H16ClN3O2S. The van der Waals surface area contributed by atoms with Gasteiger partial charge in [0, 0.05) is 29.5 Å². The van der Waals surface area contributed by atoms with E-state index in [0.717, 1.165) is 17.7 Å². The van der Waals surface area contributed by atoms with E-state index in [2.05, 4.69) is 10.3 Å². The Kier molecular flexibility index (Phi) is 4.92. The zero-order valence-electron chi connectivity index (χ0n) is 14.3. The van der Waals surface area contributed by atoms with E-state index in [4.69, 9.17) is 11.6 Å². The van der Waals surface area contributed by atoms with Crippen LogP contribution in [0.4, 0.5) is 10.8 Å². The quantitative estimate of drug-likeness (QED) is 0.685. The van der Waals surface area contributed by atoms with Crippen LogP contribution in [0, 0.1) is 0 Å². The van der Waals surface area contributed by atoms with Crippen LogP contribution in [-0.4, -0.2) is 23.3 Å². The molecule has 27 heavy (non-hydrogen) atoms. The molecule has 1 aromatic heterocycles. The Morgan fingerprint density at radius 2 is 2.00 bits per heavy atom. The summed E-state index contributed by atoms with van der Waals surface area (Å²) in [6.07, 6.45) is 1.31. The van der Waals surface area contributed by atoms with Crippen molar-refractivity contribution in [1.29, 1.82) is 0 Å². The SMILES string of the molecule is O=C(Nc1nc(-c2ccccc2)cs1)c1ccc(Cl)c(N2CCCC2=O)c1. The third kappa shape index (κ3) is 3.72. The normalized spacial score (nSPS) is 13.8. The summed E-state index contributed by atoms with van der Waals surface area (Å²) in [7, 11) is 0. The maximum atomic E-state index is 12.6. The molecule has 0 radical (unpaired) electrons. The van der Waals surface area contributed by atoms with Gasteiger partial charge in [0.1, 0.15) is 0 Å². The van der Waals surface area contributed by atoms with Crippen LogP contribution < -0.4 is 10.2 Å². The number of halogens is 1. The lowest BCUT2D eigenvalue weighted by Crippen LogP contribution is -2.24. The van der Waals surface area contributed by atoms with Crippen LogP contribution in [0.5, 0.6) is 0 Å². The van der Waals surface area contributed by atoms with Gasteiger partial charge in [-0.15, -0.1) is 11.3 Å². The summed E-state index contributed by atoms with van der Waals surface area (Å²) in [6, 6.07) is 14.7. The first-order chi connectivity index (χ1) is 13.1. The molecule has 2 heterocycles. The summed E-state index contributed by atoms with van der Waals surface area (Å²) in [5.74, 6) is -0.254. The first kappa shape index (κ1) is 17.7. The number of carbonyl (C=O) groups is 2. The highest BCUT2D eigenvalue weighted by atomic mass is 35.5. The number of rotatable bonds is 4. The second kappa shape index (κ2) is 7.50. The van der Waals surface area contributed by atoms with Gasteiger partial charge in [0.05, 0.1) is 16.4 Å². The molecule has 2 amide bonds. The number of amides is 2. The Hall–Kier alpha value is -2.70. The lowest BCUT2D eigenvalue weighted by molar-refractivity contribution is -0.117. The van der Waals surface area contributed by atoms with Gasteiger partial charge in [-0.25, -0.2) is 4.98 Å². The summed E-state index contributed by atoms with van der Waals surface area (Å²) in [5.41, 5.74) is 2.83. The highest BCUT2D eigenvalue weighted by Crippen LogP contribution is 2.31. The molecule has 1 saturated heterocycles. The predicted octanol–water partition coefficient (Wildman–Crippen LogP) is 4.84. The lowest BCUT2D eigenvalue weighted by atomic mass is 10.1. The molecule has 0 spiro atoms. The van der Waals surface area contributed by atoms with Gasteiger partial charge in [0.15, 0.2) is 5.13 Å². The number of carbonyl (C=O) groups excluding carboxylic acids is 2. The smallest absolute Gasteiger partial charge is 0.257 e. The number of nitrogens with one attached hydrogen (secondary N) is 1. The molecule has 136 valence electrons. The highest BCUT2D eigenvalue weighted by Gasteiger charge is 2.24. The van der Waals surface area contributed by atoms with Crippen molar-refractivity contribution in [3.8, 4) is 11.3 Å².